The van der Waals surface area contributed by atoms with E-state index in [2.05, 4.69) is 17.0 Å². The van der Waals surface area contributed by atoms with Crippen LogP contribution in [0.15, 0.2) is 48.5 Å². The molecule has 27 heavy (non-hydrogen) atoms. The van der Waals surface area contributed by atoms with Gasteiger partial charge < -0.3 is 14.9 Å². The van der Waals surface area contributed by atoms with Gasteiger partial charge in [-0.2, -0.15) is 0 Å². The van der Waals surface area contributed by atoms with E-state index >= 15 is 0 Å². The number of rotatable bonds is 4. The second-order valence-electron chi connectivity index (χ2n) is 7.27. The summed E-state index contributed by atoms with van der Waals surface area (Å²) in [5.41, 5.74) is 2.64. The lowest BCUT2D eigenvalue weighted by Gasteiger charge is -2.24. The van der Waals surface area contributed by atoms with Crippen molar-refractivity contribution < 1.29 is 9.90 Å². The van der Waals surface area contributed by atoms with Gasteiger partial charge in [-0.1, -0.05) is 41.7 Å². The topological polar surface area (TPSA) is 56.7 Å². The molecule has 1 saturated heterocycles. The highest BCUT2D eigenvalue weighted by atomic mass is 32.1. The van der Waals surface area contributed by atoms with Crippen LogP contribution in [0.2, 0.25) is 0 Å². The molecule has 1 fully saturated rings. The number of aliphatic hydroxyl groups excluding tert-OH is 1. The average Bonchev–Trinajstić information content (AvgIpc) is 3.38. The Balaban J connectivity index is 1.50. The largest absolute Gasteiger partial charge is 0.396 e. The van der Waals surface area contributed by atoms with Crippen molar-refractivity contribution in [3.63, 3.8) is 0 Å². The molecular weight excluding hydrogens is 358 g/mol. The lowest BCUT2D eigenvalue weighted by atomic mass is 9.81. The first kappa shape index (κ1) is 16.7. The van der Waals surface area contributed by atoms with E-state index in [4.69, 9.17) is 4.98 Å². The summed E-state index contributed by atoms with van der Waals surface area (Å²) in [5, 5.41) is 10.2. The summed E-state index contributed by atoms with van der Waals surface area (Å²) < 4.78 is 1.18. The highest BCUT2D eigenvalue weighted by molar-refractivity contribution is 7.22. The van der Waals surface area contributed by atoms with E-state index in [1.54, 1.807) is 11.3 Å². The first-order valence-electron chi connectivity index (χ1n) is 9.36. The molecule has 1 N–H and O–H groups in total. The molecule has 0 aliphatic carbocycles. The normalized spacial score (nSPS) is 21.6. The summed E-state index contributed by atoms with van der Waals surface area (Å²) in [6.45, 7) is 2.15. The Morgan fingerprint density at radius 3 is 2.81 bits per heavy atom. The van der Waals surface area contributed by atoms with Gasteiger partial charge in [0.15, 0.2) is 5.13 Å². The fourth-order valence-corrected chi connectivity index (χ4v) is 5.40. The first-order chi connectivity index (χ1) is 13.2. The number of carbonyl (C=O) groups excluding carboxylic acids is 1. The number of aromatic nitrogens is 1. The number of anilines is 2. The number of benzene rings is 2. The SMILES string of the molecule is O=C1N(CCCO)c2ccccc2C12CCN(c1nc3ccccc3s1)C2. The van der Waals surface area contributed by atoms with Crippen molar-refractivity contribution in [1.29, 1.82) is 0 Å². The highest BCUT2D eigenvalue weighted by Gasteiger charge is 2.54. The third-order valence-electron chi connectivity index (χ3n) is 5.73. The third-order valence-corrected chi connectivity index (χ3v) is 6.82. The molecule has 5 nitrogen and oxygen atoms in total. The second kappa shape index (κ2) is 6.32. The Morgan fingerprint density at radius 1 is 1.15 bits per heavy atom. The minimum atomic E-state index is -0.496. The van der Waals surface area contributed by atoms with Gasteiger partial charge in [0.1, 0.15) is 0 Å². The number of nitrogens with zero attached hydrogens (tertiary/aromatic N) is 3. The zero-order valence-electron chi connectivity index (χ0n) is 15.0. The van der Waals surface area contributed by atoms with Crippen LogP contribution in [0.4, 0.5) is 10.8 Å². The number of amides is 1. The predicted molar refractivity (Wildman–Crippen MR) is 109 cm³/mol. The molecule has 5 rings (SSSR count). The number of para-hydroxylation sites is 2. The summed E-state index contributed by atoms with van der Waals surface area (Å²) in [6.07, 6.45) is 1.39. The molecule has 1 atom stereocenters. The summed E-state index contributed by atoms with van der Waals surface area (Å²) in [7, 11) is 0. The molecule has 0 saturated carbocycles. The van der Waals surface area contributed by atoms with E-state index in [-0.39, 0.29) is 12.5 Å². The highest BCUT2D eigenvalue weighted by Crippen LogP contribution is 2.48. The predicted octanol–water partition coefficient (Wildman–Crippen LogP) is 3.17. The van der Waals surface area contributed by atoms with Gasteiger partial charge in [0.25, 0.3) is 0 Å². The minimum Gasteiger partial charge on any atom is -0.396 e. The van der Waals surface area contributed by atoms with Crippen molar-refractivity contribution in [3.8, 4) is 0 Å². The fraction of sp³-hybridized carbons (Fsp3) is 0.333. The summed E-state index contributed by atoms with van der Waals surface area (Å²) in [6, 6.07) is 16.3. The van der Waals surface area contributed by atoms with Crippen molar-refractivity contribution in [2.75, 3.05) is 36.0 Å². The number of hydrogen-bond acceptors (Lipinski definition) is 5. The maximum absolute atomic E-state index is 13.4. The van der Waals surface area contributed by atoms with Gasteiger partial charge in [-0.05, 0) is 36.6 Å². The van der Waals surface area contributed by atoms with Crippen LogP contribution in [0.25, 0.3) is 10.2 Å². The van der Waals surface area contributed by atoms with E-state index < -0.39 is 5.41 Å². The standard InChI is InChI=1S/C21H21N3O2S/c25-13-5-11-24-17-8-3-1-6-15(17)21(19(24)26)10-12-23(14-21)20-22-16-7-2-4-9-18(16)27-20/h1-4,6-9,25H,5,10-14H2. The number of fused-ring (bicyclic) bond motifs is 3. The quantitative estimate of drug-likeness (QED) is 0.756. The van der Waals surface area contributed by atoms with Crippen molar-refractivity contribution in [2.45, 2.75) is 18.3 Å². The van der Waals surface area contributed by atoms with Crippen molar-refractivity contribution in [3.05, 3.63) is 54.1 Å². The van der Waals surface area contributed by atoms with Gasteiger partial charge >= 0.3 is 0 Å². The van der Waals surface area contributed by atoms with Crippen LogP contribution in [0.1, 0.15) is 18.4 Å². The molecule has 138 valence electrons. The second-order valence-corrected chi connectivity index (χ2v) is 8.28. The van der Waals surface area contributed by atoms with Gasteiger partial charge in [0, 0.05) is 31.9 Å². The number of carbonyl (C=O) groups is 1. The lowest BCUT2D eigenvalue weighted by Crippen LogP contribution is -2.43. The molecule has 0 bridgehead atoms. The Morgan fingerprint density at radius 2 is 1.96 bits per heavy atom. The molecule has 2 aliphatic rings. The molecule has 1 spiro atoms. The van der Waals surface area contributed by atoms with Crippen molar-refractivity contribution >= 4 is 38.3 Å². The fourth-order valence-electron chi connectivity index (χ4n) is 4.41. The number of aliphatic hydroxyl groups is 1. The van der Waals surface area contributed by atoms with Crippen molar-refractivity contribution in [2.24, 2.45) is 0 Å². The van der Waals surface area contributed by atoms with E-state index in [9.17, 15) is 9.90 Å². The lowest BCUT2D eigenvalue weighted by molar-refractivity contribution is -0.122. The van der Waals surface area contributed by atoms with Crippen LogP contribution in [-0.4, -0.2) is 42.2 Å². The monoisotopic (exact) mass is 379 g/mol. The molecule has 3 heterocycles. The first-order valence-corrected chi connectivity index (χ1v) is 10.2. The van der Waals surface area contributed by atoms with Crippen LogP contribution in [0.3, 0.4) is 0 Å². The van der Waals surface area contributed by atoms with E-state index in [0.29, 0.717) is 19.5 Å². The van der Waals surface area contributed by atoms with Crippen LogP contribution in [0.5, 0.6) is 0 Å². The van der Waals surface area contributed by atoms with Gasteiger partial charge in [-0.15, -0.1) is 0 Å². The molecule has 3 aromatic rings. The van der Waals surface area contributed by atoms with Gasteiger partial charge in [0.2, 0.25) is 5.91 Å². The summed E-state index contributed by atoms with van der Waals surface area (Å²) in [4.78, 5) is 22.4. The molecule has 6 heteroatoms. The molecular formula is C21H21N3O2S. The molecule has 2 aromatic carbocycles. The van der Waals surface area contributed by atoms with Crippen LogP contribution in [0, 0.1) is 0 Å². The van der Waals surface area contributed by atoms with Gasteiger partial charge in [-0.3, -0.25) is 4.79 Å². The van der Waals surface area contributed by atoms with E-state index in [1.165, 1.54) is 4.70 Å². The third kappa shape index (κ3) is 2.47. The zero-order chi connectivity index (χ0) is 18.4. The maximum Gasteiger partial charge on any atom is 0.239 e. The van der Waals surface area contributed by atoms with E-state index in [0.717, 1.165) is 34.9 Å². The summed E-state index contributed by atoms with van der Waals surface area (Å²) >= 11 is 1.69. The van der Waals surface area contributed by atoms with Crippen molar-refractivity contribution in [1.82, 2.24) is 4.98 Å². The van der Waals surface area contributed by atoms with Crippen LogP contribution in [-0.2, 0) is 10.2 Å². The van der Waals surface area contributed by atoms with Gasteiger partial charge in [-0.25, -0.2) is 4.98 Å². The molecule has 1 aromatic heterocycles. The Kier molecular flexibility index (Phi) is 3.91. The van der Waals surface area contributed by atoms with Crippen LogP contribution < -0.4 is 9.80 Å². The number of thiazole rings is 1. The number of hydrogen-bond donors (Lipinski definition) is 1. The molecule has 1 amide bonds. The Labute approximate surface area is 161 Å². The Bertz CT molecular complexity index is 984. The van der Waals surface area contributed by atoms with Gasteiger partial charge in [0.05, 0.1) is 15.6 Å². The van der Waals surface area contributed by atoms with E-state index in [1.807, 2.05) is 41.3 Å². The molecule has 2 aliphatic heterocycles. The average molecular weight is 379 g/mol. The molecule has 1 unspecified atom stereocenters. The van der Waals surface area contributed by atoms with Crippen LogP contribution >= 0.6 is 11.3 Å². The Hall–Kier alpha value is -2.44. The summed E-state index contributed by atoms with van der Waals surface area (Å²) in [5.74, 6) is 0.167. The molecule has 0 radical (unpaired) electrons. The minimum absolute atomic E-state index is 0.0940. The zero-order valence-corrected chi connectivity index (χ0v) is 15.8. The smallest absolute Gasteiger partial charge is 0.239 e. The maximum atomic E-state index is 13.4.